The molecule has 0 aromatic rings. The van der Waals surface area contributed by atoms with Crippen molar-refractivity contribution in [2.45, 2.75) is 31.3 Å². The predicted octanol–water partition coefficient (Wildman–Crippen LogP) is 0.149. The minimum absolute atomic E-state index is 0.0227. The number of rotatable bonds is 2. The van der Waals surface area contributed by atoms with Gasteiger partial charge in [0, 0.05) is 11.4 Å². The van der Waals surface area contributed by atoms with Gasteiger partial charge in [0.2, 0.25) is 0 Å². The lowest BCUT2D eigenvalue weighted by Gasteiger charge is -2.26. The Kier molecular flexibility index (Phi) is 2.68. The van der Waals surface area contributed by atoms with Crippen LogP contribution in [0.5, 0.6) is 0 Å². The summed E-state index contributed by atoms with van der Waals surface area (Å²) >= 11 is 0. The van der Waals surface area contributed by atoms with Crippen LogP contribution < -0.4 is 10.6 Å². The molecule has 5 nitrogen and oxygen atoms in total. The van der Waals surface area contributed by atoms with Gasteiger partial charge in [0.05, 0.1) is 11.8 Å². The average molecular weight is 230 g/mol. The van der Waals surface area contributed by atoms with Gasteiger partial charge in [-0.1, -0.05) is 0 Å². The van der Waals surface area contributed by atoms with Crippen molar-refractivity contribution in [3.63, 3.8) is 0 Å². The zero-order valence-corrected chi connectivity index (χ0v) is 9.09. The lowest BCUT2D eigenvalue weighted by Crippen LogP contribution is -2.48. The van der Waals surface area contributed by atoms with Crippen LogP contribution in [0.3, 0.4) is 0 Å². The highest BCUT2D eigenvalue weighted by Crippen LogP contribution is 2.17. The Morgan fingerprint density at radius 2 is 2.00 bits per heavy atom. The fraction of sp³-hybridized carbons (Fsp3) is 0.667. The van der Waals surface area contributed by atoms with Gasteiger partial charge in [-0.05, 0) is 25.3 Å². The number of amides is 2. The maximum Gasteiger partial charge on any atom is 0.315 e. The molecule has 1 saturated carbocycles. The summed E-state index contributed by atoms with van der Waals surface area (Å²) in [6.45, 7) is 0. The van der Waals surface area contributed by atoms with Gasteiger partial charge in [0.1, 0.15) is 0 Å². The molecule has 2 aliphatic rings. The zero-order chi connectivity index (χ0) is 10.9. The zero-order valence-electron chi connectivity index (χ0n) is 8.27. The van der Waals surface area contributed by atoms with Gasteiger partial charge in [-0.15, -0.1) is 0 Å². The standard InChI is InChI=1S/C9H14N2O3S/c12-9(10-7-2-1-3-7)11-8-4-5-15(13,14)6-8/h4-5,7-8H,1-3,6H2,(H2,10,11,12). The van der Waals surface area contributed by atoms with Crippen LogP contribution in [0.25, 0.3) is 0 Å². The highest BCUT2D eigenvalue weighted by molar-refractivity contribution is 7.94. The Labute approximate surface area is 88.8 Å². The van der Waals surface area contributed by atoms with E-state index in [1.54, 1.807) is 0 Å². The van der Waals surface area contributed by atoms with Crippen molar-refractivity contribution in [3.8, 4) is 0 Å². The number of carbonyl (C=O) groups excluding carboxylic acids is 1. The van der Waals surface area contributed by atoms with Gasteiger partial charge in [-0.25, -0.2) is 13.2 Å². The number of hydrogen-bond acceptors (Lipinski definition) is 3. The minimum Gasteiger partial charge on any atom is -0.335 e. The van der Waals surface area contributed by atoms with Crippen molar-refractivity contribution in [1.29, 1.82) is 0 Å². The summed E-state index contributed by atoms with van der Waals surface area (Å²) < 4.78 is 22.1. The van der Waals surface area contributed by atoms with Crippen molar-refractivity contribution in [2.75, 3.05) is 5.75 Å². The summed E-state index contributed by atoms with van der Waals surface area (Å²) in [5, 5.41) is 6.56. The third kappa shape index (κ3) is 2.71. The summed E-state index contributed by atoms with van der Waals surface area (Å²) in [6, 6.07) is -0.381. The van der Waals surface area contributed by atoms with Crippen LogP contribution in [0.15, 0.2) is 11.5 Å². The monoisotopic (exact) mass is 230 g/mol. The molecular weight excluding hydrogens is 216 g/mol. The van der Waals surface area contributed by atoms with Crippen LogP contribution in [0, 0.1) is 0 Å². The van der Waals surface area contributed by atoms with E-state index in [0.29, 0.717) is 0 Å². The minimum atomic E-state index is -3.08. The van der Waals surface area contributed by atoms with Crippen molar-refractivity contribution in [3.05, 3.63) is 11.5 Å². The van der Waals surface area contributed by atoms with E-state index in [1.165, 1.54) is 6.08 Å². The highest BCUT2D eigenvalue weighted by atomic mass is 32.2. The number of sulfone groups is 1. The summed E-state index contributed by atoms with van der Waals surface area (Å²) in [5.41, 5.74) is 0. The average Bonchev–Trinajstić information content (AvgIpc) is 2.38. The summed E-state index contributed by atoms with van der Waals surface area (Å²) in [4.78, 5) is 11.4. The third-order valence-electron chi connectivity index (χ3n) is 2.69. The quantitative estimate of drug-likeness (QED) is 0.709. The van der Waals surface area contributed by atoms with Crippen molar-refractivity contribution < 1.29 is 13.2 Å². The number of urea groups is 1. The molecule has 0 aromatic heterocycles. The van der Waals surface area contributed by atoms with E-state index in [0.717, 1.165) is 24.7 Å². The first kappa shape index (κ1) is 10.5. The predicted molar refractivity (Wildman–Crippen MR) is 56.0 cm³/mol. The second-order valence-electron chi connectivity index (χ2n) is 4.01. The van der Waals surface area contributed by atoms with Crippen molar-refractivity contribution in [1.82, 2.24) is 10.6 Å². The molecule has 84 valence electrons. The van der Waals surface area contributed by atoms with E-state index in [1.807, 2.05) is 0 Å². The smallest absolute Gasteiger partial charge is 0.315 e. The first-order valence-corrected chi connectivity index (χ1v) is 6.75. The van der Waals surface area contributed by atoms with Gasteiger partial charge in [-0.2, -0.15) is 0 Å². The van der Waals surface area contributed by atoms with Gasteiger partial charge in [-0.3, -0.25) is 0 Å². The van der Waals surface area contributed by atoms with Gasteiger partial charge >= 0.3 is 6.03 Å². The first-order valence-electron chi connectivity index (χ1n) is 5.03. The summed E-state index contributed by atoms with van der Waals surface area (Å²) in [5.74, 6) is -0.0227. The van der Waals surface area contributed by atoms with Crippen molar-refractivity contribution in [2.24, 2.45) is 0 Å². The Morgan fingerprint density at radius 1 is 1.27 bits per heavy atom. The van der Waals surface area contributed by atoms with Crippen LogP contribution in [0.4, 0.5) is 4.79 Å². The van der Waals surface area contributed by atoms with Crippen LogP contribution in [-0.4, -0.2) is 32.3 Å². The summed E-state index contributed by atoms with van der Waals surface area (Å²) in [7, 11) is -3.08. The van der Waals surface area contributed by atoms with Gasteiger partial charge in [0.25, 0.3) is 0 Å². The number of nitrogens with one attached hydrogen (secondary N) is 2. The first-order chi connectivity index (χ1) is 7.05. The molecule has 0 saturated heterocycles. The Balaban J connectivity index is 1.77. The second-order valence-corrected chi connectivity index (χ2v) is 5.94. The van der Waals surface area contributed by atoms with E-state index >= 15 is 0 Å². The van der Waals surface area contributed by atoms with E-state index in [9.17, 15) is 13.2 Å². The topological polar surface area (TPSA) is 75.3 Å². The molecule has 2 rings (SSSR count). The van der Waals surface area contributed by atoms with Crippen LogP contribution >= 0.6 is 0 Å². The van der Waals surface area contributed by atoms with E-state index < -0.39 is 9.84 Å². The second kappa shape index (κ2) is 3.84. The molecular formula is C9H14N2O3S. The van der Waals surface area contributed by atoms with Gasteiger partial charge < -0.3 is 10.6 Å². The molecule has 1 unspecified atom stereocenters. The fourth-order valence-corrected chi connectivity index (χ4v) is 2.85. The SMILES string of the molecule is O=C(NC1C=CS(=O)(=O)C1)NC1CCC1. The maximum absolute atomic E-state index is 11.4. The molecule has 0 aromatic carbocycles. The molecule has 2 amide bonds. The highest BCUT2D eigenvalue weighted by Gasteiger charge is 2.25. The van der Waals surface area contributed by atoms with Crippen LogP contribution in [0.1, 0.15) is 19.3 Å². The van der Waals surface area contributed by atoms with Crippen LogP contribution in [-0.2, 0) is 9.84 Å². The number of carbonyl (C=O) groups is 1. The van der Waals surface area contributed by atoms with E-state index in [-0.39, 0.29) is 23.9 Å². The molecule has 2 N–H and O–H groups in total. The molecule has 1 aliphatic heterocycles. The maximum atomic E-state index is 11.4. The van der Waals surface area contributed by atoms with Crippen molar-refractivity contribution >= 4 is 15.9 Å². The molecule has 15 heavy (non-hydrogen) atoms. The van der Waals surface area contributed by atoms with Gasteiger partial charge in [0.15, 0.2) is 9.84 Å². The lowest BCUT2D eigenvalue weighted by atomic mass is 9.93. The third-order valence-corrected chi connectivity index (χ3v) is 4.08. The molecule has 0 bridgehead atoms. The fourth-order valence-electron chi connectivity index (χ4n) is 1.61. The molecule has 0 radical (unpaired) electrons. The van der Waals surface area contributed by atoms with E-state index in [2.05, 4.69) is 10.6 Å². The lowest BCUT2D eigenvalue weighted by molar-refractivity contribution is 0.227. The molecule has 6 heteroatoms. The van der Waals surface area contributed by atoms with E-state index in [4.69, 9.17) is 0 Å². The van der Waals surface area contributed by atoms with Crippen LogP contribution in [0.2, 0.25) is 0 Å². The Bertz CT molecular complexity index is 384. The molecule has 0 spiro atoms. The number of hydrogen-bond donors (Lipinski definition) is 2. The molecule has 1 fully saturated rings. The largest absolute Gasteiger partial charge is 0.335 e. The Morgan fingerprint density at radius 3 is 2.47 bits per heavy atom. The molecule has 1 aliphatic carbocycles. The summed E-state index contributed by atoms with van der Waals surface area (Å²) in [6.07, 6.45) is 4.71. The molecule has 1 heterocycles. The molecule has 1 atom stereocenters. The Hall–Kier alpha value is -1.04. The normalized spacial score (nSPS) is 28.4.